The van der Waals surface area contributed by atoms with E-state index in [2.05, 4.69) is 46.6 Å². The molecule has 4 aromatic rings. The van der Waals surface area contributed by atoms with E-state index in [1.54, 1.807) is 32.0 Å². The summed E-state index contributed by atoms with van der Waals surface area (Å²) in [6, 6.07) is 15.2. The van der Waals surface area contributed by atoms with Gasteiger partial charge in [-0.2, -0.15) is 0 Å². The highest BCUT2D eigenvalue weighted by Crippen LogP contribution is 2.39. The number of aromatic amines is 1. The Morgan fingerprint density at radius 3 is 2.41 bits per heavy atom. The fourth-order valence-electron chi connectivity index (χ4n) is 5.47. The molecule has 5 rings (SSSR count). The van der Waals surface area contributed by atoms with Crippen molar-refractivity contribution >= 4 is 43.8 Å². The molecule has 1 saturated heterocycles. The Morgan fingerprint density at radius 1 is 0.976 bits per heavy atom. The van der Waals surface area contributed by atoms with Gasteiger partial charge in [0.05, 0.1) is 33.3 Å². The molecule has 41 heavy (non-hydrogen) atoms. The quantitative estimate of drug-likeness (QED) is 0.195. The van der Waals surface area contributed by atoms with Gasteiger partial charge in [0.15, 0.2) is 9.84 Å². The van der Waals surface area contributed by atoms with Gasteiger partial charge in [0.1, 0.15) is 17.2 Å². The average molecular weight is 576 g/mol. The molecule has 3 N–H and O–H groups in total. The predicted octanol–water partition coefficient (Wildman–Crippen LogP) is 7.14. The number of ether oxygens (including phenoxy) is 1. The molecule has 0 spiro atoms. The van der Waals surface area contributed by atoms with Gasteiger partial charge in [-0.3, -0.25) is 0 Å². The number of nitrogens with one attached hydrogen (secondary N) is 3. The van der Waals surface area contributed by atoms with Gasteiger partial charge in [0.2, 0.25) is 0 Å². The van der Waals surface area contributed by atoms with Crippen LogP contribution in [-0.2, 0) is 9.84 Å². The number of hydrogen-bond donors (Lipinski definition) is 3. The summed E-state index contributed by atoms with van der Waals surface area (Å²) in [6.07, 6.45) is 4.12. The van der Waals surface area contributed by atoms with Crippen LogP contribution in [0.5, 0.6) is 5.75 Å². The third kappa shape index (κ3) is 6.21. The second-order valence-electron chi connectivity index (χ2n) is 11.6. The third-order valence-electron chi connectivity index (χ3n) is 7.76. The van der Waals surface area contributed by atoms with Crippen LogP contribution in [0.25, 0.3) is 11.0 Å². The highest BCUT2D eigenvalue weighted by atomic mass is 32.2. The molecule has 2 aromatic heterocycles. The number of pyridine rings is 1. The Morgan fingerprint density at radius 2 is 1.71 bits per heavy atom. The molecule has 0 unspecified atom stereocenters. The number of likely N-dealkylation sites (tertiary alicyclic amines) is 1. The number of benzene rings is 2. The molecule has 218 valence electrons. The highest BCUT2D eigenvalue weighted by molar-refractivity contribution is 7.92. The summed E-state index contributed by atoms with van der Waals surface area (Å²) in [7, 11) is -1.30. The molecule has 0 amide bonds. The summed E-state index contributed by atoms with van der Waals surface area (Å²) in [6.45, 7) is 11.8. The zero-order valence-corrected chi connectivity index (χ0v) is 25.6. The molecule has 0 bridgehead atoms. The van der Waals surface area contributed by atoms with E-state index in [0.717, 1.165) is 48.4 Å². The van der Waals surface area contributed by atoms with E-state index in [1.165, 1.54) is 11.1 Å². The average Bonchev–Trinajstić information content (AvgIpc) is 3.40. The first kappa shape index (κ1) is 29.0. The summed E-state index contributed by atoms with van der Waals surface area (Å²) in [4.78, 5) is 10.7. The summed E-state index contributed by atoms with van der Waals surface area (Å²) < 4.78 is 32.5. The highest BCUT2D eigenvalue weighted by Gasteiger charge is 2.24. The van der Waals surface area contributed by atoms with Gasteiger partial charge in [-0.15, -0.1) is 0 Å². The summed E-state index contributed by atoms with van der Waals surface area (Å²) in [5.74, 6) is 1.93. The normalized spacial score (nSPS) is 15.1. The van der Waals surface area contributed by atoms with Crippen LogP contribution in [0.2, 0.25) is 0 Å². The second kappa shape index (κ2) is 11.7. The van der Waals surface area contributed by atoms with Crippen LogP contribution >= 0.6 is 0 Å². The van der Waals surface area contributed by atoms with Crippen LogP contribution < -0.4 is 15.4 Å². The molecule has 1 aliphatic rings. The second-order valence-corrected chi connectivity index (χ2v) is 14.1. The van der Waals surface area contributed by atoms with Crippen molar-refractivity contribution in [2.24, 2.45) is 0 Å². The van der Waals surface area contributed by atoms with Crippen molar-refractivity contribution in [1.82, 2.24) is 14.9 Å². The number of sulfone groups is 1. The lowest BCUT2D eigenvalue weighted by atomic mass is 9.86. The third-order valence-corrected chi connectivity index (χ3v) is 9.97. The Kier molecular flexibility index (Phi) is 8.29. The van der Waals surface area contributed by atoms with Gasteiger partial charge in [0, 0.05) is 17.6 Å². The van der Waals surface area contributed by atoms with Crippen LogP contribution in [0.15, 0.2) is 59.6 Å². The van der Waals surface area contributed by atoms with E-state index in [4.69, 9.17) is 9.72 Å². The molecule has 8 nitrogen and oxygen atoms in total. The first-order valence-electron chi connectivity index (χ1n) is 14.4. The Balaban J connectivity index is 1.52. The van der Waals surface area contributed by atoms with Crippen LogP contribution in [0.1, 0.15) is 57.6 Å². The van der Waals surface area contributed by atoms with Crippen LogP contribution in [0.4, 0.5) is 22.9 Å². The molecule has 9 heteroatoms. The summed E-state index contributed by atoms with van der Waals surface area (Å²) in [5, 5.41) is 7.22. The maximum atomic E-state index is 13.1. The maximum Gasteiger partial charge on any atom is 0.182 e. The monoisotopic (exact) mass is 575 g/mol. The molecule has 0 aliphatic carbocycles. The lowest BCUT2D eigenvalue weighted by Gasteiger charge is -2.31. The topological polar surface area (TPSA) is 99.3 Å². The molecule has 3 heterocycles. The number of aryl methyl sites for hydroxylation is 1. The van der Waals surface area contributed by atoms with Crippen molar-refractivity contribution in [3.05, 3.63) is 65.9 Å². The fourth-order valence-corrected chi connectivity index (χ4v) is 6.67. The molecule has 0 saturated carbocycles. The van der Waals surface area contributed by atoms with E-state index in [9.17, 15) is 8.42 Å². The SMILES string of the molecule is Cc1cc(Nc2cc(Nc3ccccc3S(=O)(=O)C(C)C)c3cc[nH]c3n2)c(OC(C)C)cc1C1CCN(C)CC1. The van der Waals surface area contributed by atoms with Gasteiger partial charge in [-0.25, -0.2) is 13.4 Å². The molecular weight excluding hydrogens is 534 g/mol. The van der Waals surface area contributed by atoms with Crippen molar-refractivity contribution in [3.8, 4) is 5.75 Å². The van der Waals surface area contributed by atoms with E-state index in [-0.39, 0.29) is 11.0 Å². The molecule has 0 radical (unpaired) electrons. The standard InChI is InChI=1S/C32H41N5O3S/c1-20(2)40-29-18-25(23-12-15-37(6)16-13-23)22(5)17-28(29)35-31-19-27(24-11-14-33-32(24)36-31)34-26-9-7-8-10-30(26)41(38,39)21(3)4/h7-11,14,17-21,23H,12-13,15-16H2,1-6H3,(H3,33,34,35,36). The number of fused-ring (bicyclic) bond motifs is 1. The van der Waals surface area contributed by atoms with Gasteiger partial charge >= 0.3 is 0 Å². The fraction of sp³-hybridized carbons (Fsp3) is 0.406. The first-order chi connectivity index (χ1) is 19.5. The van der Waals surface area contributed by atoms with E-state index < -0.39 is 15.1 Å². The van der Waals surface area contributed by atoms with E-state index in [0.29, 0.717) is 23.1 Å². The van der Waals surface area contributed by atoms with E-state index in [1.807, 2.05) is 38.2 Å². The number of aromatic nitrogens is 2. The summed E-state index contributed by atoms with van der Waals surface area (Å²) >= 11 is 0. The number of para-hydroxylation sites is 1. The Bertz CT molecular complexity index is 1640. The number of H-pyrrole nitrogens is 1. The van der Waals surface area contributed by atoms with Crippen molar-refractivity contribution < 1.29 is 13.2 Å². The zero-order chi connectivity index (χ0) is 29.3. The van der Waals surface area contributed by atoms with Crippen molar-refractivity contribution in [3.63, 3.8) is 0 Å². The van der Waals surface area contributed by atoms with Gasteiger partial charge in [0.25, 0.3) is 0 Å². The Labute approximate surface area is 243 Å². The minimum absolute atomic E-state index is 0.0130. The number of hydrogen-bond acceptors (Lipinski definition) is 7. The lowest BCUT2D eigenvalue weighted by Crippen LogP contribution is -2.29. The molecule has 1 aliphatic heterocycles. The van der Waals surface area contributed by atoms with Gasteiger partial charge in [-0.1, -0.05) is 12.1 Å². The molecule has 0 atom stereocenters. The lowest BCUT2D eigenvalue weighted by molar-refractivity contribution is 0.241. The minimum Gasteiger partial charge on any atom is -0.489 e. The number of nitrogens with zero attached hydrogens (tertiary/aromatic N) is 2. The van der Waals surface area contributed by atoms with Crippen molar-refractivity contribution in [2.45, 2.75) is 69.6 Å². The van der Waals surface area contributed by atoms with Crippen LogP contribution in [0, 0.1) is 6.92 Å². The maximum absolute atomic E-state index is 13.1. The Hall–Kier alpha value is -3.56. The van der Waals surface area contributed by atoms with E-state index >= 15 is 0 Å². The largest absolute Gasteiger partial charge is 0.489 e. The molecular formula is C32H41N5O3S. The predicted molar refractivity (Wildman–Crippen MR) is 168 cm³/mol. The molecule has 2 aromatic carbocycles. The number of piperidine rings is 1. The smallest absolute Gasteiger partial charge is 0.182 e. The van der Waals surface area contributed by atoms with Crippen molar-refractivity contribution in [2.75, 3.05) is 30.8 Å². The van der Waals surface area contributed by atoms with Crippen LogP contribution in [-0.4, -0.2) is 54.8 Å². The number of rotatable bonds is 9. The van der Waals surface area contributed by atoms with Gasteiger partial charge < -0.3 is 25.3 Å². The first-order valence-corrected chi connectivity index (χ1v) is 15.9. The van der Waals surface area contributed by atoms with Crippen molar-refractivity contribution in [1.29, 1.82) is 0 Å². The zero-order valence-electron chi connectivity index (χ0n) is 24.8. The van der Waals surface area contributed by atoms with Crippen LogP contribution in [0.3, 0.4) is 0 Å². The number of anilines is 4. The summed E-state index contributed by atoms with van der Waals surface area (Å²) in [5.41, 5.74) is 5.38. The van der Waals surface area contributed by atoms with Gasteiger partial charge in [-0.05, 0) is 115 Å². The minimum atomic E-state index is -3.49. The molecule has 1 fully saturated rings.